The van der Waals surface area contributed by atoms with Gasteiger partial charge in [0.25, 0.3) is 5.91 Å². The Balaban J connectivity index is 1.70. The summed E-state index contributed by atoms with van der Waals surface area (Å²) in [6, 6.07) is 11.1. The number of halogens is 1. The maximum absolute atomic E-state index is 12.5. The summed E-state index contributed by atoms with van der Waals surface area (Å²) in [5, 5.41) is 21.3. The van der Waals surface area contributed by atoms with Gasteiger partial charge in [-0.15, -0.1) is 10.2 Å². The highest BCUT2D eigenvalue weighted by Gasteiger charge is 2.16. The minimum Gasteiger partial charge on any atom is -0.493 e. The lowest BCUT2D eigenvalue weighted by Gasteiger charge is -2.15. The summed E-state index contributed by atoms with van der Waals surface area (Å²) < 4.78 is 17.1. The number of nitrogens with zero attached hydrogens (tertiary/aromatic N) is 3. The van der Waals surface area contributed by atoms with Gasteiger partial charge in [0.1, 0.15) is 35.6 Å². The van der Waals surface area contributed by atoms with Crippen molar-refractivity contribution in [2.45, 2.75) is 27.2 Å². The van der Waals surface area contributed by atoms with E-state index in [-0.39, 0.29) is 17.2 Å². The van der Waals surface area contributed by atoms with Crippen LogP contribution in [0.1, 0.15) is 28.6 Å². The summed E-state index contributed by atoms with van der Waals surface area (Å²) in [4.78, 5) is 12.5. The van der Waals surface area contributed by atoms with E-state index < -0.39 is 5.91 Å². The Labute approximate surface area is 213 Å². The molecule has 1 aromatic heterocycles. The maximum Gasteiger partial charge on any atom is 0.268 e. The molecule has 182 valence electrons. The van der Waals surface area contributed by atoms with Gasteiger partial charge in [0.15, 0.2) is 11.5 Å². The molecule has 1 N–H and O–H groups in total. The average Bonchev–Trinajstić information content (AvgIpc) is 3.29. The van der Waals surface area contributed by atoms with Crippen molar-refractivity contribution in [2.24, 2.45) is 0 Å². The molecule has 2 aromatic carbocycles. The first-order valence-electron chi connectivity index (χ1n) is 10.8. The predicted molar refractivity (Wildman–Crippen MR) is 136 cm³/mol. The van der Waals surface area contributed by atoms with Crippen LogP contribution in [0.3, 0.4) is 0 Å². The third kappa shape index (κ3) is 6.72. The molecule has 0 fully saturated rings. The molecule has 0 spiro atoms. The van der Waals surface area contributed by atoms with E-state index in [1.165, 1.54) is 24.5 Å². The Hall–Kier alpha value is -3.61. The van der Waals surface area contributed by atoms with Gasteiger partial charge in [-0.2, -0.15) is 5.26 Å². The van der Waals surface area contributed by atoms with Gasteiger partial charge >= 0.3 is 0 Å². The van der Waals surface area contributed by atoms with Crippen LogP contribution in [0.25, 0.3) is 6.08 Å². The third-order valence-electron chi connectivity index (χ3n) is 4.90. The van der Waals surface area contributed by atoms with E-state index in [0.717, 1.165) is 21.9 Å². The van der Waals surface area contributed by atoms with E-state index in [4.69, 9.17) is 25.8 Å². The number of carbonyl (C=O) groups excluding carboxylic acids is 1. The Morgan fingerprint density at radius 3 is 2.46 bits per heavy atom. The van der Waals surface area contributed by atoms with Crippen LogP contribution in [0.15, 0.2) is 35.9 Å². The second kappa shape index (κ2) is 12.2. The van der Waals surface area contributed by atoms with Crippen molar-refractivity contribution in [3.63, 3.8) is 0 Å². The van der Waals surface area contributed by atoms with Gasteiger partial charge in [-0.05, 0) is 55.2 Å². The molecule has 10 heteroatoms. The quantitative estimate of drug-likeness (QED) is 0.221. The fourth-order valence-electron chi connectivity index (χ4n) is 3.20. The number of amides is 1. The van der Waals surface area contributed by atoms with E-state index >= 15 is 0 Å². The van der Waals surface area contributed by atoms with Gasteiger partial charge in [0.05, 0.1) is 12.1 Å². The van der Waals surface area contributed by atoms with Gasteiger partial charge < -0.3 is 14.2 Å². The molecule has 0 unspecified atom stereocenters. The SMILES string of the molecule is CCc1nnc(NC(=O)/C(C#N)=C/c2cc(Cl)c(OCCOc3c(C)cccc3C)c(OC)c2)s1. The molecule has 0 radical (unpaired) electrons. The highest BCUT2D eigenvalue weighted by atomic mass is 35.5. The summed E-state index contributed by atoms with van der Waals surface area (Å²) in [7, 11) is 1.48. The minimum atomic E-state index is -0.592. The third-order valence-corrected chi connectivity index (χ3v) is 6.17. The lowest BCUT2D eigenvalue weighted by molar-refractivity contribution is -0.112. The highest BCUT2D eigenvalue weighted by Crippen LogP contribution is 2.37. The van der Waals surface area contributed by atoms with Crippen molar-refractivity contribution >= 4 is 40.1 Å². The summed E-state index contributed by atoms with van der Waals surface area (Å²) in [6.07, 6.45) is 2.12. The summed E-state index contributed by atoms with van der Waals surface area (Å²) >= 11 is 7.70. The van der Waals surface area contributed by atoms with Gasteiger partial charge in [0, 0.05) is 0 Å². The van der Waals surface area contributed by atoms with Crippen LogP contribution in [-0.2, 0) is 11.2 Å². The van der Waals surface area contributed by atoms with Crippen LogP contribution >= 0.6 is 22.9 Å². The number of para-hydroxylation sites is 1. The molecular formula is C25H25ClN4O4S. The van der Waals surface area contributed by atoms with Crippen molar-refractivity contribution in [1.29, 1.82) is 5.26 Å². The Kier molecular flexibility index (Phi) is 9.06. The number of methoxy groups -OCH3 is 1. The molecule has 0 aliphatic heterocycles. The van der Waals surface area contributed by atoms with Crippen LogP contribution in [0.2, 0.25) is 5.02 Å². The molecule has 1 amide bonds. The van der Waals surface area contributed by atoms with Gasteiger partial charge in [-0.25, -0.2) is 0 Å². The maximum atomic E-state index is 12.5. The van der Waals surface area contributed by atoms with E-state index in [0.29, 0.717) is 35.2 Å². The lowest BCUT2D eigenvalue weighted by atomic mass is 10.1. The number of ether oxygens (including phenoxy) is 3. The first kappa shape index (κ1) is 26.0. The minimum absolute atomic E-state index is 0.118. The zero-order valence-corrected chi connectivity index (χ0v) is 21.4. The van der Waals surface area contributed by atoms with E-state index in [2.05, 4.69) is 15.5 Å². The van der Waals surface area contributed by atoms with Crippen molar-refractivity contribution in [3.8, 4) is 23.3 Å². The molecule has 0 aliphatic carbocycles. The molecule has 0 bridgehead atoms. The number of aromatic nitrogens is 2. The van der Waals surface area contributed by atoms with Gasteiger partial charge in [0.2, 0.25) is 5.13 Å². The molecule has 1 heterocycles. The first-order chi connectivity index (χ1) is 16.9. The van der Waals surface area contributed by atoms with Crippen LogP contribution in [0.4, 0.5) is 5.13 Å². The first-order valence-corrected chi connectivity index (χ1v) is 12.0. The van der Waals surface area contributed by atoms with Crippen molar-refractivity contribution in [2.75, 3.05) is 25.6 Å². The fraction of sp³-hybridized carbons (Fsp3) is 0.280. The number of hydrogen-bond acceptors (Lipinski definition) is 8. The van der Waals surface area contributed by atoms with Crippen LogP contribution in [0.5, 0.6) is 17.2 Å². The standard InChI is InChI=1S/C25H25ClN4O4S/c1-5-21-29-30-25(35-21)28-24(31)18(14-27)11-17-12-19(26)23(20(13-17)32-4)34-10-9-33-22-15(2)7-6-8-16(22)3/h6-8,11-13H,5,9-10H2,1-4H3,(H,28,30,31)/b18-11+. The number of anilines is 1. The number of benzene rings is 2. The molecule has 35 heavy (non-hydrogen) atoms. The Morgan fingerprint density at radius 1 is 1.17 bits per heavy atom. The molecule has 8 nitrogen and oxygen atoms in total. The van der Waals surface area contributed by atoms with Crippen molar-refractivity contribution < 1.29 is 19.0 Å². The largest absolute Gasteiger partial charge is 0.493 e. The lowest BCUT2D eigenvalue weighted by Crippen LogP contribution is -2.13. The summed E-state index contributed by atoms with van der Waals surface area (Å²) in [5.41, 5.74) is 2.48. The number of rotatable bonds is 10. The van der Waals surface area contributed by atoms with E-state index in [1.54, 1.807) is 12.1 Å². The molecule has 0 saturated heterocycles. The number of carbonyl (C=O) groups is 1. The molecule has 0 saturated carbocycles. The zero-order chi connectivity index (χ0) is 25.4. The molecule has 3 aromatic rings. The van der Waals surface area contributed by atoms with Gasteiger partial charge in [-0.1, -0.05) is 48.1 Å². The molecule has 3 rings (SSSR count). The molecular weight excluding hydrogens is 488 g/mol. The molecule has 0 atom stereocenters. The number of nitriles is 1. The molecule has 0 aliphatic rings. The zero-order valence-electron chi connectivity index (χ0n) is 19.8. The highest BCUT2D eigenvalue weighted by molar-refractivity contribution is 7.15. The number of hydrogen-bond donors (Lipinski definition) is 1. The Morgan fingerprint density at radius 2 is 1.86 bits per heavy atom. The Bertz CT molecular complexity index is 1260. The summed E-state index contributed by atoms with van der Waals surface area (Å²) in [5.74, 6) is 0.951. The van der Waals surface area contributed by atoms with Crippen LogP contribution in [0, 0.1) is 25.2 Å². The fourth-order valence-corrected chi connectivity index (χ4v) is 4.15. The summed E-state index contributed by atoms with van der Waals surface area (Å²) in [6.45, 7) is 6.47. The topological polar surface area (TPSA) is 106 Å². The average molecular weight is 513 g/mol. The normalized spacial score (nSPS) is 11.0. The second-order valence-electron chi connectivity index (χ2n) is 7.43. The number of aryl methyl sites for hydroxylation is 3. The smallest absolute Gasteiger partial charge is 0.268 e. The predicted octanol–water partition coefficient (Wildman–Crippen LogP) is 5.38. The number of nitrogens with one attached hydrogen (secondary N) is 1. The van der Waals surface area contributed by atoms with Gasteiger partial charge in [-0.3, -0.25) is 10.1 Å². The van der Waals surface area contributed by atoms with E-state index in [9.17, 15) is 10.1 Å². The van der Waals surface area contributed by atoms with Crippen molar-refractivity contribution in [1.82, 2.24) is 10.2 Å². The van der Waals surface area contributed by atoms with Crippen LogP contribution < -0.4 is 19.5 Å². The van der Waals surface area contributed by atoms with Crippen molar-refractivity contribution in [3.05, 3.63) is 62.6 Å². The second-order valence-corrected chi connectivity index (χ2v) is 8.90. The van der Waals surface area contributed by atoms with E-state index in [1.807, 2.05) is 45.0 Å². The van der Waals surface area contributed by atoms with Crippen LogP contribution in [-0.4, -0.2) is 36.4 Å². The monoisotopic (exact) mass is 512 g/mol.